The second-order valence-corrected chi connectivity index (χ2v) is 3.85. The monoisotopic (exact) mass is 313 g/mol. The summed E-state index contributed by atoms with van der Waals surface area (Å²) in [6, 6.07) is 0.852. The Balaban J connectivity index is 3.08. The first-order valence-corrected chi connectivity index (χ1v) is 5.99. The van der Waals surface area contributed by atoms with Crippen LogP contribution in [0.15, 0.2) is 6.07 Å². The van der Waals surface area contributed by atoms with Crippen LogP contribution in [0, 0.1) is 0 Å². The standard InChI is InChI=1S/C11H11ClF3NO4/c1-2-19-9(17)4-7-10(18)6(5-12)3-8(16-7)20-11(13,14)15/h3,18H,2,4-5H2,1H3. The van der Waals surface area contributed by atoms with Crippen LogP contribution in [-0.4, -0.2) is 29.0 Å². The lowest BCUT2D eigenvalue weighted by molar-refractivity contribution is -0.276. The zero-order valence-electron chi connectivity index (χ0n) is 10.3. The summed E-state index contributed by atoms with van der Waals surface area (Å²) in [6.07, 6.45) is -5.42. The Labute approximate surface area is 117 Å². The summed E-state index contributed by atoms with van der Waals surface area (Å²) in [7, 11) is 0. The average molecular weight is 314 g/mol. The van der Waals surface area contributed by atoms with Crippen LogP contribution in [0.1, 0.15) is 18.2 Å². The molecule has 0 saturated carbocycles. The predicted octanol–water partition coefficient (Wildman–Crippen LogP) is 2.53. The van der Waals surface area contributed by atoms with Crippen molar-refractivity contribution in [3.63, 3.8) is 0 Å². The lowest BCUT2D eigenvalue weighted by Gasteiger charge is -2.12. The molecule has 1 aromatic heterocycles. The number of carbonyl (C=O) groups excluding carboxylic acids is 1. The van der Waals surface area contributed by atoms with Gasteiger partial charge in [-0.2, -0.15) is 0 Å². The molecule has 0 fully saturated rings. The maximum absolute atomic E-state index is 12.1. The highest BCUT2D eigenvalue weighted by molar-refractivity contribution is 6.17. The quantitative estimate of drug-likeness (QED) is 0.668. The molecule has 0 bridgehead atoms. The molecule has 0 aliphatic rings. The molecule has 9 heteroatoms. The fourth-order valence-electron chi connectivity index (χ4n) is 1.37. The maximum atomic E-state index is 12.1. The fourth-order valence-corrected chi connectivity index (χ4v) is 1.57. The van der Waals surface area contributed by atoms with Gasteiger partial charge in [0.15, 0.2) is 0 Å². The molecule has 0 spiro atoms. The topological polar surface area (TPSA) is 68.7 Å². The number of halogens is 4. The third kappa shape index (κ3) is 4.76. The van der Waals surface area contributed by atoms with E-state index in [1.54, 1.807) is 6.92 Å². The first kappa shape index (κ1) is 16.4. The highest BCUT2D eigenvalue weighted by atomic mass is 35.5. The number of alkyl halides is 4. The third-order valence-corrected chi connectivity index (χ3v) is 2.39. The van der Waals surface area contributed by atoms with E-state index in [1.807, 2.05) is 0 Å². The number of esters is 1. The van der Waals surface area contributed by atoms with Crippen molar-refractivity contribution < 1.29 is 32.5 Å². The first-order valence-electron chi connectivity index (χ1n) is 5.46. The second kappa shape index (κ2) is 6.65. The molecule has 0 saturated heterocycles. The lowest BCUT2D eigenvalue weighted by Crippen LogP contribution is -2.19. The second-order valence-electron chi connectivity index (χ2n) is 3.58. The Bertz CT molecular complexity index is 493. The summed E-state index contributed by atoms with van der Waals surface area (Å²) in [5.74, 6) is -2.26. The molecule has 1 N–H and O–H groups in total. The number of rotatable bonds is 5. The van der Waals surface area contributed by atoms with Crippen molar-refractivity contribution in [2.75, 3.05) is 6.61 Å². The number of hydrogen-bond acceptors (Lipinski definition) is 5. The van der Waals surface area contributed by atoms with Gasteiger partial charge in [0.2, 0.25) is 5.88 Å². The summed E-state index contributed by atoms with van der Waals surface area (Å²) in [5, 5.41) is 9.74. The van der Waals surface area contributed by atoms with Gasteiger partial charge in [-0.3, -0.25) is 4.79 Å². The Morgan fingerprint density at radius 1 is 1.50 bits per heavy atom. The van der Waals surface area contributed by atoms with Crippen molar-refractivity contribution in [2.24, 2.45) is 0 Å². The van der Waals surface area contributed by atoms with Gasteiger partial charge in [0.05, 0.1) is 24.6 Å². The molecule has 0 aromatic carbocycles. The Morgan fingerprint density at radius 3 is 2.65 bits per heavy atom. The SMILES string of the molecule is CCOC(=O)Cc1nc(OC(F)(F)F)cc(CCl)c1O. The van der Waals surface area contributed by atoms with E-state index in [1.165, 1.54) is 0 Å². The van der Waals surface area contributed by atoms with E-state index < -0.39 is 30.4 Å². The van der Waals surface area contributed by atoms with E-state index in [9.17, 15) is 23.1 Å². The van der Waals surface area contributed by atoms with Gasteiger partial charge in [0.1, 0.15) is 5.75 Å². The molecule has 5 nitrogen and oxygen atoms in total. The van der Waals surface area contributed by atoms with E-state index in [0.29, 0.717) is 0 Å². The molecule has 1 heterocycles. The molecule has 0 aliphatic heterocycles. The smallest absolute Gasteiger partial charge is 0.506 e. The zero-order chi connectivity index (χ0) is 15.3. The normalized spacial score (nSPS) is 11.2. The largest absolute Gasteiger partial charge is 0.574 e. The summed E-state index contributed by atoms with van der Waals surface area (Å²) in [5.41, 5.74) is -0.318. The van der Waals surface area contributed by atoms with Gasteiger partial charge in [0.25, 0.3) is 0 Å². The number of nitrogens with zero attached hydrogens (tertiary/aromatic N) is 1. The van der Waals surface area contributed by atoms with Gasteiger partial charge in [-0.15, -0.1) is 24.8 Å². The Kier molecular flexibility index (Phi) is 5.43. The molecule has 0 unspecified atom stereocenters. The van der Waals surface area contributed by atoms with Crippen LogP contribution in [0.2, 0.25) is 0 Å². The molecule has 0 radical (unpaired) electrons. The highest BCUT2D eigenvalue weighted by Gasteiger charge is 2.32. The first-order chi connectivity index (χ1) is 9.26. The van der Waals surface area contributed by atoms with Crippen LogP contribution in [0.3, 0.4) is 0 Å². The number of aromatic nitrogens is 1. The number of aromatic hydroxyl groups is 1. The fraction of sp³-hybridized carbons (Fsp3) is 0.455. The van der Waals surface area contributed by atoms with E-state index >= 15 is 0 Å². The Morgan fingerprint density at radius 2 is 2.15 bits per heavy atom. The van der Waals surface area contributed by atoms with Gasteiger partial charge < -0.3 is 14.6 Å². The Hall–Kier alpha value is -1.70. The molecule has 20 heavy (non-hydrogen) atoms. The van der Waals surface area contributed by atoms with Gasteiger partial charge in [-0.05, 0) is 6.92 Å². The van der Waals surface area contributed by atoms with E-state index in [0.717, 1.165) is 6.07 Å². The molecule has 1 aromatic rings. The van der Waals surface area contributed by atoms with Crippen molar-refractivity contribution in [2.45, 2.75) is 25.6 Å². The van der Waals surface area contributed by atoms with Crippen LogP contribution in [-0.2, 0) is 21.8 Å². The number of pyridine rings is 1. The van der Waals surface area contributed by atoms with Gasteiger partial charge in [-0.1, -0.05) is 0 Å². The van der Waals surface area contributed by atoms with Crippen molar-refractivity contribution in [3.8, 4) is 11.6 Å². The maximum Gasteiger partial charge on any atom is 0.574 e. The third-order valence-electron chi connectivity index (χ3n) is 2.10. The predicted molar refractivity (Wildman–Crippen MR) is 62.5 cm³/mol. The molecule has 1 rings (SSSR count). The van der Waals surface area contributed by atoms with Crippen molar-refractivity contribution in [3.05, 3.63) is 17.3 Å². The van der Waals surface area contributed by atoms with Crippen molar-refractivity contribution >= 4 is 17.6 Å². The van der Waals surface area contributed by atoms with Gasteiger partial charge >= 0.3 is 12.3 Å². The molecule has 0 amide bonds. The zero-order valence-corrected chi connectivity index (χ0v) is 11.1. The van der Waals surface area contributed by atoms with E-state index in [2.05, 4.69) is 14.5 Å². The van der Waals surface area contributed by atoms with E-state index in [4.69, 9.17) is 11.6 Å². The molecule has 112 valence electrons. The highest BCUT2D eigenvalue weighted by Crippen LogP contribution is 2.30. The number of ether oxygens (including phenoxy) is 2. The van der Waals surface area contributed by atoms with Crippen LogP contribution in [0.5, 0.6) is 11.6 Å². The van der Waals surface area contributed by atoms with Gasteiger partial charge in [0, 0.05) is 11.6 Å². The van der Waals surface area contributed by atoms with Crippen LogP contribution in [0.4, 0.5) is 13.2 Å². The average Bonchev–Trinajstić information content (AvgIpc) is 2.31. The minimum Gasteiger partial charge on any atom is -0.506 e. The number of carbonyl (C=O) groups is 1. The van der Waals surface area contributed by atoms with Crippen LogP contribution >= 0.6 is 11.6 Å². The molecule has 0 aliphatic carbocycles. The van der Waals surface area contributed by atoms with E-state index in [-0.39, 0.29) is 23.7 Å². The van der Waals surface area contributed by atoms with Crippen LogP contribution < -0.4 is 4.74 Å². The summed E-state index contributed by atoms with van der Waals surface area (Å²) in [6.45, 7) is 1.67. The van der Waals surface area contributed by atoms with Crippen molar-refractivity contribution in [1.29, 1.82) is 0 Å². The number of hydrogen-bond donors (Lipinski definition) is 1. The minimum absolute atomic E-state index is 0.0276. The molecule has 0 atom stereocenters. The summed E-state index contributed by atoms with van der Waals surface area (Å²) < 4.78 is 44.7. The molecular weight excluding hydrogens is 303 g/mol. The van der Waals surface area contributed by atoms with Crippen molar-refractivity contribution in [1.82, 2.24) is 4.98 Å². The molecular formula is C11H11ClF3NO4. The lowest BCUT2D eigenvalue weighted by atomic mass is 10.2. The summed E-state index contributed by atoms with van der Waals surface area (Å²) in [4.78, 5) is 14.7. The van der Waals surface area contributed by atoms with Gasteiger partial charge in [-0.25, -0.2) is 4.98 Å². The van der Waals surface area contributed by atoms with Crippen LogP contribution in [0.25, 0.3) is 0 Å². The minimum atomic E-state index is -4.94. The summed E-state index contributed by atoms with van der Waals surface area (Å²) >= 11 is 5.50.